The molecular formula is C19H19FN4O2. The van der Waals surface area contributed by atoms with E-state index >= 15 is 0 Å². The number of nitrogens with zero attached hydrogens (tertiary/aromatic N) is 2. The molecule has 0 aliphatic heterocycles. The fraction of sp³-hybridized carbons (Fsp3) is 0.211. The molecule has 0 unspecified atom stereocenters. The van der Waals surface area contributed by atoms with E-state index in [0.717, 1.165) is 0 Å². The largest absolute Gasteiger partial charge is 0.347 e. The van der Waals surface area contributed by atoms with E-state index in [-0.39, 0.29) is 35.8 Å². The fourth-order valence-electron chi connectivity index (χ4n) is 2.59. The highest BCUT2D eigenvalue weighted by atomic mass is 19.1. The predicted molar refractivity (Wildman–Crippen MR) is 95.4 cm³/mol. The number of benzene rings is 1. The van der Waals surface area contributed by atoms with E-state index in [9.17, 15) is 14.0 Å². The Bertz CT molecular complexity index is 965. The minimum atomic E-state index is -0.472. The van der Waals surface area contributed by atoms with Gasteiger partial charge in [-0.2, -0.15) is 0 Å². The molecule has 0 saturated carbocycles. The number of hydrogen-bond acceptors (Lipinski definition) is 3. The second-order valence-electron chi connectivity index (χ2n) is 6.14. The molecule has 3 rings (SSSR count). The van der Waals surface area contributed by atoms with Crippen LogP contribution in [0.15, 0.2) is 48.7 Å². The molecule has 0 fully saturated rings. The lowest BCUT2D eigenvalue weighted by Gasteiger charge is -2.06. The van der Waals surface area contributed by atoms with Gasteiger partial charge in [-0.25, -0.2) is 9.37 Å². The first kappa shape index (κ1) is 17.6. The van der Waals surface area contributed by atoms with Crippen LogP contribution in [0.1, 0.15) is 40.5 Å². The fourth-order valence-corrected chi connectivity index (χ4v) is 2.59. The van der Waals surface area contributed by atoms with Crippen LogP contribution >= 0.6 is 0 Å². The van der Waals surface area contributed by atoms with Gasteiger partial charge in [0.05, 0.1) is 5.52 Å². The summed E-state index contributed by atoms with van der Waals surface area (Å²) in [5, 5.41) is 5.42. The van der Waals surface area contributed by atoms with Crippen molar-refractivity contribution in [2.24, 2.45) is 0 Å². The molecule has 2 aromatic heterocycles. The first-order valence-electron chi connectivity index (χ1n) is 8.27. The van der Waals surface area contributed by atoms with E-state index in [1.165, 1.54) is 6.07 Å². The van der Waals surface area contributed by atoms with Crippen molar-refractivity contribution in [2.45, 2.75) is 26.4 Å². The molecule has 26 heavy (non-hydrogen) atoms. The van der Waals surface area contributed by atoms with E-state index in [4.69, 9.17) is 0 Å². The van der Waals surface area contributed by atoms with Crippen LogP contribution in [0.3, 0.4) is 0 Å². The molecule has 0 spiro atoms. The summed E-state index contributed by atoms with van der Waals surface area (Å²) in [5.74, 6) is -1.10. The van der Waals surface area contributed by atoms with E-state index in [1.807, 2.05) is 13.8 Å². The third-order valence-electron chi connectivity index (χ3n) is 3.78. The first-order chi connectivity index (χ1) is 12.5. The van der Waals surface area contributed by atoms with Gasteiger partial charge in [-0.1, -0.05) is 24.3 Å². The predicted octanol–water partition coefficient (Wildman–Crippen LogP) is 2.54. The lowest BCUT2D eigenvalue weighted by atomic mass is 10.2. The number of carbonyl (C=O) groups is 2. The van der Waals surface area contributed by atoms with Crippen molar-refractivity contribution in [3.8, 4) is 0 Å². The number of pyridine rings is 1. The van der Waals surface area contributed by atoms with Crippen LogP contribution in [0.2, 0.25) is 0 Å². The number of amides is 2. The molecule has 0 bridgehead atoms. The second kappa shape index (κ2) is 7.35. The number of rotatable bonds is 5. The van der Waals surface area contributed by atoms with Gasteiger partial charge < -0.3 is 10.6 Å². The molecule has 1 aromatic carbocycles. The Morgan fingerprint density at radius 2 is 1.85 bits per heavy atom. The van der Waals surface area contributed by atoms with E-state index in [1.54, 1.807) is 47.0 Å². The number of aromatic nitrogens is 2. The zero-order chi connectivity index (χ0) is 18.7. The van der Waals surface area contributed by atoms with Gasteiger partial charge in [-0.05, 0) is 32.0 Å². The summed E-state index contributed by atoms with van der Waals surface area (Å²) in [6.07, 6.45) is 1.67. The standard InChI is InChI=1S/C19H19FN4O2/c1-12(2)22-19(26)17-23-16(15-9-5-6-10-24(15)17)18(25)21-11-13-7-3-4-8-14(13)20/h3-10,12H,11H2,1-2H3,(H,21,25)(H,22,26). The van der Waals surface area contributed by atoms with Crippen molar-refractivity contribution in [1.29, 1.82) is 0 Å². The molecule has 0 atom stereocenters. The summed E-state index contributed by atoms with van der Waals surface area (Å²) in [5.41, 5.74) is 1.01. The monoisotopic (exact) mass is 354 g/mol. The molecule has 7 heteroatoms. The summed E-state index contributed by atoms with van der Waals surface area (Å²) in [4.78, 5) is 29.1. The van der Waals surface area contributed by atoms with Crippen LogP contribution in [-0.4, -0.2) is 27.2 Å². The summed E-state index contributed by atoms with van der Waals surface area (Å²) >= 11 is 0. The molecule has 3 aromatic rings. The van der Waals surface area contributed by atoms with Gasteiger partial charge in [0.25, 0.3) is 11.8 Å². The smallest absolute Gasteiger partial charge is 0.287 e. The van der Waals surface area contributed by atoms with Crippen molar-refractivity contribution < 1.29 is 14.0 Å². The summed E-state index contributed by atoms with van der Waals surface area (Å²) in [6, 6.07) is 11.4. The van der Waals surface area contributed by atoms with Gasteiger partial charge in [-0.3, -0.25) is 14.0 Å². The van der Waals surface area contributed by atoms with E-state index in [2.05, 4.69) is 15.6 Å². The molecule has 134 valence electrons. The minimum absolute atomic E-state index is 0.0326. The van der Waals surface area contributed by atoms with Gasteiger partial charge in [0, 0.05) is 24.3 Å². The van der Waals surface area contributed by atoms with Crippen molar-refractivity contribution in [1.82, 2.24) is 20.0 Å². The van der Waals surface area contributed by atoms with Crippen molar-refractivity contribution in [3.05, 3.63) is 71.6 Å². The molecule has 0 radical (unpaired) electrons. The van der Waals surface area contributed by atoms with Crippen molar-refractivity contribution in [3.63, 3.8) is 0 Å². The number of imidazole rings is 1. The Labute approximate surface area is 150 Å². The van der Waals surface area contributed by atoms with Gasteiger partial charge in [0.15, 0.2) is 5.69 Å². The molecule has 6 nitrogen and oxygen atoms in total. The maximum Gasteiger partial charge on any atom is 0.287 e. The molecule has 0 aliphatic carbocycles. The number of carbonyl (C=O) groups excluding carboxylic acids is 2. The van der Waals surface area contributed by atoms with Crippen LogP contribution in [0.25, 0.3) is 5.52 Å². The van der Waals surface area contributed by atoms with Crippen molar-refractivity contribution >= 4 is 17.3 Å². The van der Waals surface area contributed by atoms with Gasteiger partial charge in [-0.15, -0.1) is 0 Å². The summed E-state index contributed by atoms with van der Waals surface area (Å²) < 4.78 is 15.3. The van der Waals surface area contributed by atoms with Gasteiger partial charge in [0.2, 0.25) is 5.82 Å². The minimum Gasteiger partial charge on any atom is -0.347 e. The first-order valence-corrected chi connectivity index (χ1v) is 8.27. The SMILES string of the molecule is CC(C)NC(=O)c1nc(C(=O)NCc2ccccc2F)c2ccccn12. The Morgan fingerprint density at radius 1 is 1.12 bits per heavy atom. The zero-order valence-electron chi connectivity index (χ0n) is 14.5. The highest BCUT2D eigenvalue weighted by molar-refractivity contribution is 6.02. The molecule has 0 saturated heterocycles. The zero-order valence-corrected chi connectivity index (χ0v) is 14.5. The molecule has 2 heterocycles. The van der Waals surface area contributed by atoms with Crippen LogP contribution in [0, 0.1) is 5.82 Å². The normalized spacial score (nSPS) is 10.9. The third kappa shape index (κ3) is 3.56. The topological polar surface area (TPSA) is 75.5 Å². The molecular weight excluding hydrogens is 335 g/mol. The maximum atomic E-state index is 13.7. The summed E-state index contributed by atoms with van der Waals surface area (Å²) in [6.45, 7) is 3.72. The Kier molecular flexibility index (Phi) is 4.97. The summed E-state index contributed by atoms with van der Waals surface area (Å²) in [7, 11) is 0. The van der Waals surface area contributed by atoms with Crippen LogP contribution < -0.4 is 10.6 Å². The van der Waals surface area contributed by atoms with Gasteiger partial charge >= 0.3 is 0 Å². The van der Waals surface area contributed by atoms with Crippen LogP contribution in [0.5, 0.6) is 0 Å². The maximum absolute atomic E-state index is 13.7. The second-order valence-corrected chi connectivity index (χ2v) is 6.14. The average molecular weight is 354 g/mol. The average Bonchev–Trinajstić information content (AvgIpc) is 3.00. The molecule has 2 amide bonds. The highest BCUT2D eigenvalue weighted by Crippen LogP contribution is 2.14. The number of nitrogens with one attached hydrogen (secondary N) is 2. The van der Waals surface area contributed by atoms with E-state index in [0.29, 0.717) is 11.1 Å². The highest BCUT2D eigenvalue weighted by Gasteiger charge is 2.21. The molecule has 0 aliphatic rings. The van der Waals surface area contributed by atoms with Crippen LogP contribution in [0.4, 0.5) is 4.39 Å². The Balaban J connectivity index is 1.88. The lowest BCUT2D eigenvalue weighted by Crippen LogP contribution is -2.31. The quantitative estimate of drug-likeness (QED) is 0.739. The third-order valence-corrected chi connectivity index (χ3v) is 3.78. The lowest BCUT2D eigenvalue weighted by molar-refractivity contribution is 0.0932. The van der Waals surface area contributed by atoms with Gasteiger partial charge in [0.1, 0.15) is 5.82 Å². The number of fused-ring (bicyclic) bond motifs is 1. The molecule has 2 N–H and O–H groups in total. The Morgan fingerprint density at radius 3 is 2.58 bits per heavy atom. The van der Waals surface area contributed by atoms with Crippen molar-refractivity contribution in [2.75, 3.05) is 0 Å². The number of hydrogen-bond donors (Lipinski definition) is 2. The number of halogens is 1. The van der Waals surface area contributed by atoms with E-state index < -0.39 is 5.91 Å². The van der Waals surface area contributed by atoms with Crippen LogP contribution in [-0.2, 0) is 6.54 Å². The Hall–Kier alpha value is -3.22.